The normalized spacial score (nSPS) is 14.6. The lowest BCUT2D eigenvalue weighted by Crippen LogP contribution is -2.41. The zero-order valence-corrected chi connectivity index (χ0v) is 16.8. The molecule has 2 heterocycles. The molecule has 3 N–H and O–H groups in total. The number of carbonyl (C=O) groups is 2. The molecule has 1 saturated heterocycles. The highest BCUT2D eigenvalue weighted by Gasteiger charge is 2.24. The minimum Gasteiger partial charge on any atom is -0.478 e. The number of hydrazine groups is 1. The maximum absolute atomic E-state index is 13.9. The van der Waals surface area contributed by atoms with Gasteiger partial charge in [-0.05, 0) is 25.1 Å². The Kier molecular flexibility index (Phi) is 6.12. The number of carbonyl (C=O) groups excluding carboxylic acids is 1. The lowest BCUT2D eigenvalue weighted by Gasteiger charge is -2.25. The van der Waals surface area contributed by atoms with Crippen LogP contribution in [0.25, 0.3) is 0 Å². The Morgan fingerprint density at radius 1 is 1.31 bits per heavy atom. The summed E-state index contributed by atoms with van der Waals surface area (Å²) in [5, 5.41) is 9.56. The van der Waals surface area contributed by atoms with Gasteiger partial charge in [0.1, 0.15) is 15.6 Å². The largest absolute Gasteiger partial charge is 0.478 e. The molecule has 29 heavy (non-hydrogen) atoms. The lowest BCUT2D eigenvalue weighted by atomic mass is 10.2. The molecule has 10 nitrogen and oxygen atoms in total. The molecular weight excluding hydrogens is 427 g/mol. The van der Waals surface area contributed by atoms with Crippen LogP contribution < -0.4 is 15.2 Å². The van der Waals surface area contributed by atoms with Gasteiger partial charge >= 0.3 is 5.97 Å². The number of carboxylic acid groups (broad SMARTS) is 1. The molecule has 1 aliphatic rings. The number of anilines is 1. The van der Waals surface area contributed by atoms with Crippen molar-refractivity contribution in [2.24, 2.45) is 0 Å². The average molecular weight is 444 g/mol. The number of aromatic nitrogens is 1. The van der Waals surface area contributed by atoms with Crippen LogP contribution in [0, 0.1) is 12.7 Å². The van der Waals surface area contributed by atoms with Crippen LogP contribution in [0.15, 0.2) is 23.1 Å². The smallest absolute Gasteiger partial charge is 0.335 e. The molecule has 0 unspecified atom stereocenters. The second kappa shape index (κ2) is 8.41. The number of hydrogen-bond donors (Lipinski definition) is 3. The Morgan fingerprint density at radius 2 is 2.00 bits per heavy atom. The quantitative estimate of drug-likeness (QED) is 0.555. The Bertz CT molecular complexity index is 1050. The number of morpholine rings is 1. The topological polar surface area (TPSA) is 138 Å². The summed E-state index contributed by atoms with van der Waals surface area (Å²) >= 11 is 1.09. The molecule has 0 radical (unpaired) electrons. The van der Waals surface area contributed by atoms with Crippen LogP contribution in [0.5, 0.6) is 0 Å². The average Bonchev–Trinajstić information content (AvgIpc) is 3.08. The van der Waals surface area contributed by atoms with Gasteiger partial charge in [0.15, 0.2) is 5.13 Å². The van der Waals surface area contributed by atoms with Crippen LogP contribution in [0.3, 0.4) is 0 Å². The molecule has 1 aliphatic heterocycles. The number of sulfonamides is 1. The number of benzene rings is 1. The van der Waals surface area contributed by atoms with Gasteiger partial charge in [0.2, 0.25) is 0 Å². The van der Waals surface area contributed by atoms with Crippen LogP contribution in [0.4, 0.5) is 9.52 Å². The molecule has 3 rings (SSSR count). The monoisotopic (exact) mass is 444 g/mol. The lowest BCUT2D eigenvalue weighted by molar-refractivity contribution is 0.0696. The SMILES string of the molecule is Cc1nc(N2CCOCC2)sc1C(=O)NNS(=O)(=O)c1cc(C(=O)O)ccc1F. The number of carboxylic acids is 1. The number of nitrogens with one attached hydrogen (secondary N) is 2. The molecule has 13 heteroatoms. The van der Waals surface area contributed by atoms with E-state index < -0.39 is 38.2 Å². The van der Waals surface area contributed by atoms with Crippen molar-refractivity contribution in [3.8, 4) is 0 Å². The number of halogens is 1. The van der Waals surface area contributed by atoms with Crippen molar-refractivity contribution >= 4 is 38.4 Å². The standard InChI is InChI=1S/C16H17FN4O6S2/c1-9-13(28-16(18-9)21-4-6-27-7-5-21)14(22)19-20-29(25,26)12-8-10(15(23)24)2-3-11(12)17/h2-3,8,20H,4-7H2,1H3,(H,19,22)(H,23,24). The summed E-state index contributed by atoms with van der Waals surface area (Å²) < 4.78 is 43.8. The maximum Gasteiger partial charge on any atom is 0.335 e. The van der Waals surface area contributed by atoms with E-state index in [2.05, 4.69) is 4.98 Å². The fourth-order valence-electron chi connectivity index (χ4n) is 2.55. The Hall–Kier alpha value is -2.61. The van der Waals surface area contributed by atoms with E-state index in [9.17, 15) is 22.4 Å². The van der Waals surface area contributed by atoms with Gasteiger partial charge in [-0.2, -0.15) is 0 Å². The van der Waals surface area contributed by atoms with E-state index in [-0.39, 0.29) is 4.88 Å². The molecular formula is C16H17FN4O6S2. The summed E-state index contributed by atoms with van der Waals surface area (Å²) in [6.07, 6.45) is 0. The summed E-state index contributed by atoms with van der Waals surface area (Å²) in [5.74, 6) is -3.33. The molecule has 0 atom stereocenters. The van der Waals surface area contributed by atoms with Gasteiger partial charge in [-0.1, -0.05) is 11.3 Å². The van der Waals surface area contributed by atoms with Gasteiger partial charge in [0.25, 0.3) is 15.9 Å². The number of amides is 1. The predicted octanol–water partition coefficient (Wildman–Crippen LogP) is 0.749. The minimum atomic E-state index is -4.54. The summed E-state index contributed by atoms with van der Waals surface area (Å²) in [4.78, 5) is 30.7. The molecule has 156 valence electrons. The number of thiazole rings is 1. The summed E-state index contributed by atoms with van der Waals surface area (Å²) in [5.41, 5.74) is 2.01. The van der Waals surface area contributed by atoms with Crippen molar-refractivity contribution in [2.45, 2.75) is 11.8 Å². The highest BCUT2D eigenvalue weighted by atomic mass is 32.2. The molecule has 0 aliphatic carbocycles. The van der Waals surface area contributed by atoms with Crippen molar-refractivity contribution < 1.29 is 32.2 Å². The molecule has 0 spiro atoms. The number of rotatable bonds is 6. The van der Waals surface area contributed by atoms with Crippen molar-refractivity contribution in [1.82, 2.24) is 15.2 Å². The van der Waals surface area contributed by atoms with Gasteiger partial charge in [0, 0.05) is 13.1 Å². The Labute approximate surface area is 169 Å². The first-order chi connectivity index (χ1) is 13.7. The van der Waals surface area contributed by atoms with Crippen LogP contribution in [0.1, 0.15) is 25.7 Å². The first-order valence-corrected chi connectivity index (χ1v) is 10.6. The number of ether oxygens (including phenoxy) is 1. The molecule has 1 amide bonds. The van der Waals surface area contributed by atoms with E-state index in [4.69, 9.17) is 9.84 Å². The van der Waals surface area contributed by atoms with Crippen molar-refractivity contribution in [3.63, 3.8) is 0 Å². The highest BCUT2D eigenvalue weighted by molar-refractivity contribution is 7.89. The number of nitrogens with zero attached hydrogens (tertiary/aromatic N) is 2. The summed E-state index contributed by atoms with van der Waals surface area (Å²) in [6, 6.07) is 2.32. The molecule has 1 aromatic carbocycles. The summed E-state index contributed by atoms with van der Waals surface area (Å²) in [6.45, 7) is 3.95. The maximum atomic E-state index is 13.9. The van der Waals surface area contributed by atoms with E-state index >= 15 is 0 Å². The molecule has 0 saturated carbocycles. The van der Waals surface area contributed by atoms with E-state index in [1.165, 1.54) is 0 Å². The number of hydrogen-bond acceptors (Lipinski definition) is 8. The summed E-state index contributed by atoms with van der Waals surface area (Å²) in [7, 11) is -4.54. The zero-order chi connectivity index (χ0) is 21.2. The van der Waals surface area contributed by atoms with E-state index in [1.807, 2.05) is 10.3 Å². The van der Waals surface area contributed by atoms with Crippen molar-refractivity contribution in [2.75, 3.05) is 31.2 Å². The van der Waals surface area contributed by atoms with E-state index in [1.54, 1.807) is 11.8 Å². The van der Waals surface area contributed by atoms with Gasteiger partial charge in [-0.3, -0.25) is 10.2 Å². The van der Waals surface area contributed by atoms with E-state index in [0.29, 0.717) is 43.2 Å². The fraction of sp³-hybridized carbons (Fsp3) is 0.312. The van der Waals surface area contributed by atoms with Crippen LogP contribution in [-0.2, 0) is 14.8 Å². The second-order valence-corrected chi connectivity index (χ2v) is 8.65. The second-order valence-electron chi connectivity index (χ2n) is 6.02. The molecule has 2 aromatic rings. The van der Waals surface area contributed by atoms with Gasteiger partial charge in [-0.25, -0.2) is 22.6 Å². The number of aromatic carboxylic acids is 1. The Morgan fingerprint density at radius 3 is 2.66 bits per heavy atom. The third kappa shape index (κ3) is 4.70. The van der Waals surface area contributed by atoms with Crippen molar-refractivity contribution in [1.29, 1.82) is 0 Å². The minimum absolute atomic E-state index is 0.189. The Balaban J connectivity index is 1.74. The number of aryl methyl sites for hydroxylation is 1. The van der Waals surface area contributed by atoms with Crippen LogP contribution >= 0.6 is 11.3 Å². The van der Waals surface area contributed by atoms with Gasteiger partial charge < -0.3 is 14.7 Å². The zero-order valence-electron chi connectivity index (χ0n) is 15.1. The van der Waals surface area contributed by atoms with Crippen molar-refractivity contribution in [3.05, 3.63) is 40.2 Å². The van der Waals surface area contributed by atoms with Gasteiger partial charge in [0.05, 0.1) is 24.5 Å². The fourth-order valence-corrected chi connectivity index (χ4v) is 4.51. The van der Waals surface area contributed by atoms with E-state index in [0.717, 1.165) is 23.5 Å². The first-order valence-electron chi connectivity index (χ1n) is 8.34. The predicted molar refractivity (Wildman–Crippen MR) is 101 cm³/mol. The van der Waals surface area contributed by atoms with Crippen LogP contribution in [0.2, 0.25) is 0 Å². The molecule has 1 aromatic heterocycles. The van der Waals surface area contributed by atoms with Gasteiger partial charge in [-0.15, -0.1) is 4.83 Å². The molecule has 1 fully saturated rings. The third-order valence-electron chi connectivity index (χ3n) is 4.04. The van der Waals surface area contributed by atoms with Crippen LogP contribution in [-0.4, -0.2) is 56.7 Å². The first kappa shape index (κ1) is 21.1. The third-order valence-corrected chi connectivity index (χ3v) is 6.52. The molecule has 0 bridgehead atoms. The highest BCUT2D eigenvalue weighted by Crippen LogP contribution is 2.26.